The lowest BCUT2D eigenvalue weighted by molar-refractivity contribution is -0.115. The predicted octanol–water partition coefficient (Wildman–Crippen LogP) is 9.25. The molecule has 0 heterocycles. The lowest BCUT2D eigenvalue weighted by Crippen LogP contribution is -2.14. The fraction of sp³-hybridized carbons (Fsp3) is 0.594. The van der Waals surface area contributed by atoms with Crippen molar-refractivity contribution in [3.63, 3.8) is 0 Å². The second-order valence-electron chi connectivity index (χ2n) is 10.2. The summed E-state index contributed by atoms with van der Waals surface area (Å²) >= 11 is 0. The van der Waals surface area contributed by atoms with Crippen molar-refractivity contribution in [3.8, 4) is 5.75 Å². The minimum absolute atomic E-state index is 0.0606. The molecule has 0 radical (unpaired) electrons. The lowest BCUT2D eigenvalue weighted by Gasteiger charge is -2.08. The van der Waals surface area contributed by atoms with E-state index in [1.807, 2.05) is 12.1 Å². The third-order valence-corrected chi connectivity index (χ3v) is 6.83. The highest BCUT2D eigenvalue weighted by Crippen LogP contribution is 2.16. The molecule has 4 heteroatoms. The minimum Gasteiger partial charge on any atom is -0.508 e. The number of carbonyl (C=O) groups excluding carboxylic acids is 1. The van der Waals surface area contributed by atoms with E-state index < -0.39 is 0 Å². The normalized spacial score (nSPS) is 10.9. The molecular formula is C32H50N2O2. The lowest BCUT2D eigenvalue weighted by atomic mass is 10.0. The first-order valence-corrected chi connectivity index (χ1v) is 14.6. The second-order valence-corrected chi connectivity index (χ2v) is 10.2. The zero-order valence-electron chi connectivity index (χ0n) is 22.7. The van der Waals surface area contributed by atoms with Crippen LogP contribution in [0.25, 0.3) is 0 Å². The third-order valence-electron chi connectivity index (χ3n) is 6.83. The molecule has 0 aliphatic heterocycles. The van der Waals surface area contributed by atoms with Crippen LogP contribution in [0.15, 0.2) is 48.5 Å². The van der Waals surface area contributed by atoms with Gasteiger partial charge in [0.1, 0.15) is 5.75 Å². The molecule has 0 aliphatic rings. The maximum Gasteiger partial charge on any atom is 0.228 e. The van der Waals surface area contributed by atoms with Crippen LogP contribution in [0.5, 0.6) is 5.75 Å². The molecule has 1 amide bonds. The number of carbonyl (C=O) groups is 1. The molecule has 0 saturated heterocycles. The van der Waals surface area contributed by atoms with Gasteiger partial charge in [-0.05, 0) is 48.4 Å². The van der Waals surface area contributed by atoms with Crippen LogP contribution in [0.2, 0.25) is 0 Å². The first-order chi connectivity index (χ1) is 17.7. The number of amides is 1. The van der Waals surface area contributed by atoms with Gasteiger partial charge >= 0.3 is 0 Å². The molecule has 36 heavy (non-hydrogen) atoms. The van der Waals surface area contributed by atoms with Crippen LogP contribution in [-0.2, 0) is 11.2 Å². The molecule has 4 nitrogen and oxygen atoms in total. The highest BCUT2D eigenvalue weighted by Gasteiger charge is 2.05. The van der Waals surface area contributed by atoms with Crippen LogP contribution in [0.3, 0.4) is 0 Å². The van der Waals surface area contributed by atoms with Gasteiger partial charge in [0.2, 0.25) is 5.91 Å². The number of anilines is 2. The number of rotatable bonds is 21. The van der Waals surface area contributed by atoms with Gasteiger partial charge in [0, 0.05) is 17.9 Å². The van der Waals surface area contributed by atoms with Crippen LogP contribution in [0.4, 0.5) is 11.4 Å². The van der Waals surface area contributed by atoms with E-state index in [2.05, 4.69) is 29.7 Å². The number of unbranched alkanes of at least 4 members (excludes halogenated alkanes) is 15. The van der Waals surface area contributed by atoms with E-state index in [0.717, 1.165) is 17.8 Å². The van der Waals surface area contributed by atoms with Crippen molar-refractivity contribution in [2.75, 3.05) is 17.2 Å². The number of benzene rings is 2. The molecular weight excluding hydrogens is 444 g/mol. The van der Waals surface area contributed by atoms with Gasteiger partial charge in [-0.2, -0.15) is 0 Å². The Morgan fingerprint density at radius 2 is 1.06 bits per heavy atom. The van der Waals surface area contributed by atoms with Crippen molar-refractivity contribution in [2.45, 2.75) is 116 Å². The number of phenolic OH excluding ortho intramolecular Hbond substituents is 1. The summed E-state index contributed by atoms with van der Waals surface area (Å²) in [7, 11) is 0. The summed E-state index contributed by atoms with van der Waals surface area (Å²) in [6.07, 6.45) is 22.6. The van der Waals surface area contributed by atoms with Crippen molar-refractivity contribution < 1.29 is 9.90 Å². The number of hydrogen-bond donors (Lipinski definition) is 3. The smallest absolute Gasteiger partial charge is 0.228 e. The molecule has 3 N–H and O–H groups in total. The van der Waals surface area contributed by atoms with Gasteiger partial charge in [-0.25, -0.2) is 0 Å². The molecule has 0 aliphatic carbocycles. The molecule has 2 aromatic rings. The summed E-state index contributed by atoms with van der Waals surface area (Å²) in [5, 5.41) is 15.7. The summed E-state index contributed by atoms with van der Waals surface area (Å²) in [5.74, 6) is 0.130. The van der Waals surface area contributed by atoms with Gasteiger partial charge in [0.05, 0.1) is 6.42 Å². The van der Waals surface area contributed by atoms with E-state index in [0.29, 0.717) is 12.1 Å². The highest BCUT2D eigenvalue weighted by atomic mass is 16.3. The van der Waals surface area contributed by atoms with Crippen molar-refractivity contribution in [1.29, 1.82) is 0 Å². The third kappa shape index (κ3) is 14.8. The fourth-order valence-corrected chi connectivity index (χ4v) is 4.58. The second kappa shape index (κ2) is 19.7. The Kier molecular flexibility index (Phi) is 16.2. The van der Waals surface area contributed by atoms with Crippen LogP contribution in [-0.4, -0.2) is 17.6 Å². The maximum absolute atomic E-state index is 12.2. The largest absolute Gasteiger partial charge is 0.508 e. The Bertz CT molecular complexity index is 802. The Hall–Kier alpha value is -2.49. The zero-order chi connectivity index (χ0) is 25.7. The Morgan fingerprint density at radius 1 is 0.611 bits per heavy atom. The number of aromatic hydroxyl groups is 1. The van der Waals surface area contributed by atoms with Gasteiger partial charge in [-0.1, -0.05) is 115 Å². The van der Waals surface area contributed by atoms with E-state index in [4.69, 9.17) is 0 Å². The molecule has 2 rings (SSSR count). The molecule has 0 unspecified atom stereocenters. The summed E-state index contributed by atoms with van der Waals surface area (Å²) in [6.45, 7) is 3.28. The average molecular weight is 495 g/mol. The standard InChI is InChI=1S/C32H50N2O2/c1-2-3-4-5-6-7-8-9-10-11-12-13-14-15-16-17-26-33-29-20-18-28(19-21-29)27-32(36)34-30-22-24-31(35)25-23-30/h18-25,33,35H,2-17,26-27H2,1H3,(H,34,36). The van der Waals surface area contributed by atoms with Crippen LogP contribution < -0.4 is 10.6 Å². The Morgan fingerprint density at radius 3 is 1.56 bits per heavy atom. The van der Waals surface area contributed by atoms with Gasteiger partial charge < -0.3 is 15.7 Å². The molecule has 0 aromatic heterocycles. The average Bonchev–Trinajstić information content (AvgIpc) is 2.88. The SMILES string of the molecule is CCCCCCCCCCCCCCCCCCNc1ccc(CC(=O)Nc2ccc(O)cc2)cc1. The minimum atomic E-state index is -0.0606. The molecule has 200 valence electrons. The van der Waals surface area contributed by atoms with Crippen molar-refractivity contribution in [2.24, 2.45) is 0 Å². The maximum atomic E-state index is 12.2. The summed E-state index contributed by atoms with van der Waals surface area (Å²) in [4.78, 5) is 12.2. The van der Waals surface area contributed by atoms with Crippen LogP contribution in [0.1, 0.15) is 115 Å². The quantitative estimate of drug-likeness (QED) is 0.120. The molecule has 2 aromatic carbocycles. The van der Waals surface area contributed by atoms with E-state index >= 15 is 0 Å². The van der Waals surface area contributed by atoms with Crippen molar-refractivity contribution in [3.05, 3.63) is 54.1 Å². The van der Waals surface area contributed by atoms with E-state index in [1.54, 1.807) is 24.3 Å². The first kappa shape index (κ1) is 29.7. The Balaban J connectivity index is 1.39. The van der Waals surface area contributed by atoms with Gasteiger partial charge in [0.25, 0.3) is 0 Å². The molecule has 0 spiro atoms. The summed E-state index contributed by atoms with van der Waals surface area (Å²) in [6, 6.07) is 14.6. The molecule has 0 saturated carbocycles. The van der Waals surface area contributed by atoms with E-state index in [-0.39, 0.29) is 11.7 Å². The van der Waals surface area contributed by atoms with Crippen molar-refractivity contribution >= 4 is 17.3 Å². The summed E-state index contributed by atoms with van der Waals surface area (Å²) < 4.78 is 0. The van der Waals surface area contributed by atoms with E-state index in [9.17, 15) is 9.90 Å². The molecule has 0 bridgehead atoms. The summed E-state index contributed by atoms with van der Waals surface area (Å²) in [5.41, 5.74) is 2.78. The number of phenols is 1. The van der Waals surface area contributed by atoms with Gasteiger partial charge in [-0.3, -0.25) is 4.79 Å². The van der Waals surface area contributed by atoms with Gasteiger partial charge in [0.15, 0.2) is 0 Å². The number of nitrogens with one attached hydrogen (secondary N) is 2. The Labute approximate surface area is 220 Å². The van der Waals surface area contributed by atoms with Crippen LogP contribution >= 0.6 is 0 Å². The molecule has 0 atom stereocenters. The zero-order valence-corrected chi connectivity index (χ0v) is 22.7. The first-order valence-electron chi connectivity index (χ1n) is 14.6. The molecule has 0 fully saturated rings. The van der Waals surface area contributed by atoms with E-state index in [1.165, 1.54) is 103 Å². The van der Waals surface area contributed by atoms with Crippen LogP contribution in [0, 0.1) is 0 Å². The number of hydrogen-bond acceptors (Lipinski definition) is 3. The van der Waals surface area contributed by atoms with Gasteiger partial charge in [-0.15, -0.1) is 0 Å². The van der Waals surface area contributed by atoms with Crippen molar-refractivity contribution in [1.82, 2.24) is 0 Å². The topological polar surface area (TPSA) is 61.4 Å². The predicted molar refractivity (Wildman–Crippen MR) is 155 cm³/mol. The highest BCUT2D eigenvalue weighted by molar-refractivity contribution is 5.92. The monoisotopic (exact) mass is 494 g/mol. The fourth-order valence-electron chi connectivity index (χ4n) is 4.58.